The third kappa shape index (κ3) is 13.1. The van der Waals surface area contributed by atoms with Gasteiger partial charge in [0.15, 0.2) is 36.6 Å². The van der Waals surface area contributed by atoms with Crippen molar-refractivity contribution >= 4 is 41.8 Å². The third-order valence-corrected chi connectivity index (χ3v) is 11.7. The molecule has 7 rings (SSSR count). The zero-order chi connectivity index (χ0) is 52.5. The fraction of sp³-hybridized carbons (Fsp3) is 0.415. The Hall–Kier alpha value is -7.55. The van der Waals surface area contributed by atoms with Gasteiger partial charge in [0.1, 0.15) is 54.5 Å². The lowest BCUT2D eigenvalue weighted by Gasteiger charge is -2.45. The number of aliphatic hydroxyl groups is 1. The summed E-state index contributed by atoms with van der Waals surface area (Å²) in [7, 11) is 0. The van der Waals surface area contributed by atoms with Gasteiger partial charge in [-0.3, -0.25) is 33.6 Å². The van der Waals surface area contributed by atoms with Gasteiger partial charge in [0.25, 0.3) is 0 Å². The molecule has 0 aromatic heterocycles. The van der Waals surface area contributed by atoms with E-state index in [9.17, 15) is 38.7 Å². The monoisotopic (exact) mass is 1010 g/mol. The van der Waals surface area contributed by atoms with E-state index in [-0.39, 0.29) is 59.3 Å². The van der Waals surface area contributed by atoms with Crippen molar-refractivity contribution in [2.45, 2.75) is 129 Å². The average Bonchev–Trinajstić information content (AvgIpc) is 3.32. The maximum Gasteiger partial charge on any atom is 0.308 e. The Balaban J connectivity index is 1.59. The van der Waals surface area contributed by atoms with E-state index in [1.54, 1.807) is 78.9 Å². The van der Waals surface area contributed by atoms with Crippen molar-refractivity contribution in [3.05, 3.63) is 118 Å². The quantitative estimate of drug-likeness (QED) is 0.0761. The van der Waals surface area contributed by atoms with Crippen LogP contribution in [0, 0.1) is 0 Å². The molecule has 10 atom stereocenters. The second-order valence-corrected chi connectivity index (χ2v) is 17.4. The third-order valence-electron chi connectivity index (χ3n) is 11.7. The number of ether oxygens (including phenoxy) is 12. The van der Waals surface area contributed by atoms with Crippen LogP contribution in [0.5, 0.6) is 23.0 Å². The summed E-state index contributed by atoms with van der Waals surface area (Å²) >= 11 is 0. The molecule has 20 heteroatoms. The Morgan fingerprint density at radius 1 is 0.493 bits per heavy atom. The number of hydrogen-bond acceptors (Lipinski definition) is 20. The number of fused-ring (bicyclic) bond motifs is 1. The molecule has 0 radical (unpaired) electrons. The van der Waals surface area contributed by atoms with Crippen LogP contribution in [0.1, 0.15) is 113 Å². The van der Waals surface area contributed by atoms with Gasteiger partial charge >= 0.3 is 41.8 Å². The largest absolute Gasteiger partial charge is 0.488 e. The molecule has 0 spiro atoms. The van der Waals surface area contributed by atoms with E-state index in [1.165, 1.54) is 6.92 Å². The minimum atomic E-state index is -1.66. The van der Waals surface area contributed by atoms with Crippen LogP contribution in [-0.2, 0) is 84.7 Å². The van der Waals surface area contributed by atoms with Crippen molar-refractivity contribution in [3.8, 4) is 23.0 Å². The maximum atomic E-state index is 13.3. The van der Waals surface area contributed by atoms with Crippen molar-refractivity contribution in [2.24, 2.45) is 0 Å². The summed E-state index contributed by atoms with van der Waals surface area (Å²) < 4.78 is 74.0. The molecule has 2 unspecified atom stereocenters. The predicted octanol–water partition coefficient (Wildman–Crippen LogP) is 6.06. The molecule has 2 saturated heterocycles. The molecule has 388 valence electrons. The van der Waals surface area contributed by atoms with E-state index >= 15 is 0 Å². The van der Waals surface area contributed by atoms with Crippen LogP contribution in [0.3, 0.4) is 0 Å². The molecule has 4 aromatic rings. The van der Waals surface area contributed by atoms with Gasteiger partial charge in [-0.2, -0.15) is 0 Å². The summed E-state index contributed by atoms with van der Waals surface area (Å²) in [6.45, 7) is 6.68. The van der Waals surface area contributed by atoms with Crippen molar-refractivity contribution < 1.29 is 95.5 Å². The number of hydrogen-bond donors (Lipinski definition) is 1. The standard InChI is InChI=1S/C53H56O20/c1-27(54)66-37-20-18-36(19-21-37)39-22-38(61)42-47(62-23-34-14-10-8-11-15-34)43(50-52(71-32(6)59)45(69-30(4)57)40(25-64-50)67-28(2)55)48(63-24-35-16-12-9-13-17-35)44(49(42)73-39)51-53(72-33(7)60)46(70-31(5)58)41(26-65-51)68-29(3)56/h8-21,38-41,45-46,50-53,61H,22-26H2,1-7H3/t38?,39?,40-,41-,45-,46+,50-,51+,52+,53-/m1/s1. The molecule has 1 N–H and O–H groups in total. The molecule has 2 fully saturated rings. The molecular formula is C53H56O20. The molecule has 20 nitrogen and oxygen atoms in total. The highest BCUT2D eigenvalue weighted by atomic mass is 16.7. The summed E-state index contributed by atoms with van der Waals surface area (Å²) in [6.07, 6.45) is -14.8. The Kier molecular flexibility index (Phi) is 17.3. The maximum absolute atomic E-state index is 13.3. The molecule has 4 aromatic carbocycles. The van der Waals surface area contributed by atoms with Crippen molar-refractivity contribution in [3.63, 3.8) is 0 Å². The SMILES string of the molecule is CC(=O)Oc1ccc(C2CC(O)c3c(OCc4ccccc4)c([C@H]4OC[C@@H](OC(C)=O)[C@@H](OC(C)=O)[C@@H]4OC(C)=O)c(OCc4ccccc4)c([C@@H]4OC[C@@H](OC(C)=O)[C@H](OC(C)=O)[C@H]4OC(C)=O)c3O2)cc1. The molecule has 0 bridgehead atoms. The smallest absolute Gasteiger partial charge is 0.308 e. The molecule has 3 aliphatic rings. The summed E-state index contributed by atoms with van der Waals surface area (Å²) in [6, 6.07) is 24.3. The molecule has 3 heterocycles. The number of esters is 7. The van der Waals surface area contributed by atoms with Crippen LogP contribution in [-0.4, -0.2) is 96.7 Å². The molecule has 3 aliphatic heterocycles. The normalized spacial score (nSPS) is 24.2. The van der Waals surface area contributed by atoms with Gasteiger partial charge in [-0.05, 0) is 28.8 Å². The zero-order valence-electron chi connectivity index (χ0n) is 41.1. The first-order chi connectivity index (χ1) is 34.9. The summed E-state index contributed by atoms with van der Waals surface area (Å²) in [5.41, 5.74) is 1.64. The summed E-state index contributed by atoms with van der Waals surface area (Å²) in [4.78, 5) is 89.2. The minimum absolute atomic E-state index is 0.0200. The van der Waals surface area contributed by atoms with E-state index in [0.717, 1.165) is 41.5 Å². The average molecular weight is 1010 g/mol. The highest BCUT2D eigenvalue weighted by molar-refractivity contribution is 5.72. The molecule has 0 amide bonds. The van der Waals surface area contributed by atoms with Gasteiger partial charge in [0.05, 0.1) is 36.0 Å². The number of benzene rings is 4. The van der Waals surface area contributed by atoms with Gasteiger partial charge < -0.3 is 61.9 Å². The van der Waals surface area contributed by atoms with Crippen LogP contribution < -0.4 is 18.9 Å². The van der Waals surface area contributed by atoms with Gasteiger partial charge in [0, 0.05) is 54.9 Å². The van der Waals surface area contributed by atoms with Gasteiger partial charge in [0.2, 0.25) is 0 Å². The Bertz CT molecular complexity index is 2650. The number of carbonyl (C=O) groups is 7. The second kappa shape index (κ2) is 23.8. The fourth-order valence-electron chi connectivity index (χ4n) is 9.07. The van der Waals surface area contributed by atoms with E-state index in [4.69, 9.17) is 56.8 Å². The molecule has 73 heavy (non-hydrogen) atoms. The lowest BCUT2D eigenvalue weighted by Crippen LogP contribution is -2.55. The van der Waals surface area contributed by atoms with E-state index in [0.29, 0.717) is 16.7 Å². The molecule has 0 saturated carbocycles. The van der Waals surface area contributed by atoms with Gasteiger partial charge in [-0.25, -0.2) is 0 Å². The second-order valence-electron chi connectivity index (χ2n) is 17.4. The minimum Gasteiger partial charge on any atom is -0.488 e. The lowest BCUT2D eigenvalue weighted by molar-refractivity contribution is -0.228. The van der Waals surface area contributed by atoms with E-state index < -0.39 is 116 Å². The van der Waals surface area contributed by atoms with Crippen LogP contribution in [0.25, 0.3) is 0 Å². The molecule has 0 aliphatic carbocycles. The van der Waals surface area contributed by atoms with Gasteiger partial charge in [-0.15, -0.1) is 0 Å². The number of rotatable bonds is 16. The van der Waals surface area contributed by atoms with Crippen LogP contribution in [0.2, 0.25) is 0 Å². The van der Waals surface area contributed by atoms with E-state index in [1.807, 2.05) is 6.07 Å². The van der Waals surface area contributed by atoms with Crippen molar-refractivity contribution in [2.75, 3.05) is 13.2 Å². The first-order valence-electron chi connectivity index (χ1n) is 23.3. The molecular weight excluding hydrogens is 957 g/mol. The highest BCUT2D eigenvalue weighted by Gasteiger charge is 2.55. The fourth-order valence-corrected chi connectivity index (χ4v) is 9.07. The van der Waals surface area contributed by atoms with Crippen LogP contribution >= 0.6 is 0 Å². The number of aliphatic hydroxyl groups excluding tert-OH is 1. The Morgan fingerprint density at radius 2 is 0.904 bits per heavy atom. The van der Waals surface area contributed by atoms with Crippen molar-refractivity contribution in [1.82, 2.24) is 0 Å². The van der Waals surface area contributed by atoms with Crippen molar-refractivity contribution in [1.29, 1.82) is 0 Å². The zero-order valence-corrected chi connectivity index (χ0v) is 41.1. The van der Waals surface area contributed by atoms with Crippen LogP contribution in [0.4, 0.5) is 0 Å². The Morgan fingerprint density at radius 3 is 1.33 bits per heavy atom. The predicted molar refractivity (Wildman–Crippen MR) is 249 cm³/mol. The summed E-state index contributed by atoms with van der Waals surface area (Å²) in [5, 5.41) is 12.8. The summed E-state index contributed by atoms with van der Waals surface area (Å²) in [5.74, 6) is -5.66. The first kappa shape index (κ1) is 53.3. The van der Waals surface area contributed by atoms with Gasteiger partial charge in [-0.1, -0.05) is 72.8 Å². The van der Waals surface area contributed by atoms with Crippen LogP contribution in [0.15, 0.2) is 84.9 Å². The topological polar surface area (TPSA) is 250 Å². The number of carbonyl (C=O) groups excluding carboxylic acids is 7. The van der Waals surface area contributed by atoms with E-state index in [2.05, 4.69) is 0 Å². The highest BCUT2D eigenvalue weighted by Crippen LogP contribution is 2.59. The Labute approximate surface area is 419 Å². The lowest BCUT2D eigenvalue weighted by atomic mass is 9.82. The first-order valence-corrected chi connectivity index (χ1v) is 23.3.